The van der Waals surface area contributed by atoms with E-state index in [4.69, 9.17) is 4.55 Å². The molecular formula is C22H18N4O3S. The molecule has 8 heteroatoms. The van der Waals surface area contributed by atoms with Gasteiger partial charge in [-0.2, -0.15) is 13.5 Å². The molecule has 0 aromatic heterocycles. The monoisotopic (exact) mass is 418 g/mol. The maximum Gasteiger partial charge on any atom is 0.294 e. The van der Waals surface area contributed by atoms with Crippen LogP contribution >= 0.6 is 0 Å². The molecule has 0 saturated carbocycles. The van der Waals surface area contributed by atoms with Gasteiger partial charge in [0.25, 0.3) is 10.1 Å². The zero-order chi connectivity index (χ0) is 21.0. The molecule has 0 aliphatic heterocycles. The van der Waals surface area contributed by atoms with E-state index in [0.29, 0.717) is 11.4 Å². The summed E-state index contributed by atoms with van der Waals surface area (Å²) in [4.78, 5) is -0.171. The van der Waals surface area contributed by atoms with Gasteiger partial charge in [-0.15, -0.1) is 5.11 Å². The summed E-state index contributed by atoms with van der Waals surface area (Å²) in [5.41, 5.74) is 8.91. The Bertz CT molecular complexity index is 1310. The van der Waals surface area contributed by atoms with E-state index in [-0.39, 0.29) is 4.90 Å². The second kappa shape index (κ2) is 8.32. The van der Waals surface area contributed by atoms with Crippen molar-refractivity contribution in [3.05, 3.63) is 91.0 Å². The summed E-state index contributed by atoms with van der Waals surface area (Å²) in [6.07, 6.45) is 0. The van der Waals surface area contributed by atoms with E-state index < -0.39 is 10.1 Å². The summed E-state index contributed by atoms with van der Waals surface area (Å²) in [5, 5.41) is 10.7. The van der Waals surface area contributed by atoms with E-state index in [9.17, 15) is 8.42 Å². The van der Waals surface area contributed by atoms with Gasteiger partial charge in [-0.05, 0) is 47.9 Å². The summed E-state index contributed by atoms with van der Waals surface area (Å²) in [6, 6.07) is 26.9. The number of hydrogen-bond donors (Lipinski definition) is 3. The van der Waals surface area contributed by atoms with Gasteiger partial charge in [0.15, 0.2) is 0 Å². The SMILES string of the molecule is O=S(=O)(O)c1ccc(NNc2c(N=Nc3ccccc3)ccc3ccccc23)cc1. The van der Waals surface area contributed by atoms with Crippen LogP contribution in [0.5, 0.6) is 0 Å². The van der Waals surface area contributed by atoms with E-state index in [1.807, 2.05) is 66.7 Å². The second-order valence-corrected chi connectivity index (χ2v) is 7.89. The van der Waals surface area contributed by atoms with Crippen molar-refractivity contribution < 1.29 is 13.0 Å². The number of hydrazine groups is 1. The lowest BCUT2D eigenvalue weighted by molar-refractivity contribution is 0.483. The highest BCUT2D eigenvalue weighted by atomic mass is 32.2. The van der Waals surface area contributed by atoms with Crippen LogP contribution in [0.2, 0.25) is 0 Å². The Morgan fingerprint density at radius 3 is 2.13 bits per heavy atom. The molecule has 150 valence electrons. The lowest BCUT2D eigenvalue weighted by Gasteiger charge is -2.14. The van der Waals surface area contributed by atoms with Gasteiger partial charge in [-0.3, -0.25) is 9.98 Å². The standard InChI is InChI=1S/C22H18N4O3S/c27-30(28,29)19-13-11-18(12-14-19)24-26-22-20-9-5-4-6-16(20)10-15-21(22)25-23-17-7-2-1-3-8-17/h1-15,24,26H,(H,27,28,29). The van der Waals surface area contributed by atoms with Gasteiger partial charge in [-0.1, -0.05) is 48.5 Å². The molecule has 0 radical (unpaired) electrons. The molecule has 0 bridgehead atoms. The van der Waals surface area contributed by atoms with Crippen molar-refractivity contribution in [1.29, 1.82) is 0 Å². The Labute approximate surface area is 173 Å². The van der Waals surface area contributed by atoms with Gasteiger partial charge in [0.05, 0.1) is 22.0 Å². The van der Waals surface area contributed by atoms with Crippen molar-refractivity contribution in [2.45, 2.75) is 4.90 Å². The van der Waals surface area contributed by atoms with Crippen molar-refractivity contribution in [2.24, 2.45) is 10.2 Å². The summed E-state index contributed by atoms with van der Waals surface area (Å²) in [7, 11) is -4.23. The number of fused-ring (bicyclic) bond motifs is 1. The molecular weight excluding hydrogens is 400 g/mol. The number of nitrogens with one attached hydrogen (secondary N) is 2. The first kappa shape index (κ1) is 19.6. The Balaban J connectivity index is 1.65. The average Bonchev–Trinajstić information content (AvgIpc) is 2.77. The number of azo groups is 1. The molecule has 0 fully saturated rings. The van der Waals surface area contributed by atoms with Gasteiger partial charge >= 0.3 is 0 Å². The predicted molar refractivity (Wildman–Crippen MR) is 118 cm³/mol. The van der Waals surface area contributed by atoms with Crippen molar-refractivity contribution in [3.8, 4) is 0 Å². The number of benzene rings is 4. The molecule has 7 nitrogen and oxygen atoms in total. The van der Waals surface area contributed by atoms with Crippen molar-refractivity contribution in [1.82, 2.24) is 0 Å². The molecule has 0 aliphatic carbocycles. The molecule has 0 atom stereocenters. The minimum Gasteiger partial charge on any atom is -0.301 e. The van der Waals surface area contributed by atoms with Crippen LogP contribution < -0.4 is 10.9 Å². The maximum atomic E-state index is 11.2. The van der Waals surface area contributed by atoms with Crippen LogP contribution in [0.15, 0.2) is 106 Å². The van der Waals surface area contributed by atoms with Crippen LogP contribution in [-0.2, 0) is 10.1 Å². The van der Waals surface area contributed by atoms with Crippen LogP contribution in [-0.4, -0.2) is 13.0 Å². The first-order valence-corrected chi connectivity index (χ1v) is 10.5. The highest BCUT2D eigenvalue weighted by Crippen LogP contribution is 2.34. The van der Waals surface area contributed by atoms with Crippen LogP contribution in [0.25, 0.3) is 10.8 Å². The quantitative estimate of drug-likeness (QED) is 0.204. The molecule has 0 spiro atoms. The lowest BCUT2D eigenvalue weighted by Crippen LogP contribution is -2.09. The fraction of sp³-hybridized carbons (Fsp3) is 0. The third kappa shape index (κ3) is 4.45. The maximum absolute atomic E-state index is 11.2. The Morgan fingerprint density at radius 2 is 1.40 bits per heavy atom. The van der Waals surface area contributed by atoms with Crippen LogP contribution in [0.1, 0.15) is 0 Å². The Hall–Kier alpha value is -3.75. The van der Waals surface area contributed by atoms with Gasteiger partial charge in [0.2, 0.25) is 0 Å². The highest BCUT2D eigenvalue weighted by molar-refractivity contribution is 7.85. The molecule has 0 heterocycles. The number of rotatable bonds is 6. The minimum absolute atomic E-state index is 0.171. The van der Waals surface area contributed by atoms with Crippen molar-refractivity contribution >= 4 is 43.6 Å². The Kier molecular flexibility index (Phi) is 5.42. The molecule has 4 aromatic carbocycles. The van der Waals surface area contributed by atoms with E-state index >= 15 is 0 Å². The van der Waals surface area contributed by atoms with E-state index in [1.54, 1.807) is 12.1 Å². The second-order valence-electron chi connectivity index (χ2n) is 6.47. The van der Waals surface area contributed by atoms with Gasteiger partial charge in [0, 0.05) is 5.39 Å². The van der Waals surface area contributed by atoms with Crippen LogP contribution in [0, 0.1) is 0 Å². The molecule has 4 rings (SSSR count). The van der Waals surface area contributed by atoms with E-state index in [0.717, 1.165) is 22.1 Å². The Morgan fingerprint density at radius 1 is 0.700 bits per heavy atom. The largest absolute Gasteiger partial charge is 0.301 e. The van der Waals surface area contributed by atoms with Crippen molar-refractivity contribution in [3.63, 3.8) is 0 Å². The average molecular weight is 418 g/mol. The number of anilines is 2. The molecule has 0 amide bonds. The van der Waals surface area contributed by atoms with E-state index in [2.05, 4.69) is 21.1 Å². The number of nitrogens with zero attached hydrogens (tertiary/aromatic N) is 2. The third-order valence-electron chi connectivity index (χ3n) is 4.42. The van der Waals surface area contributed by atoms with Crippen LogP contribution in [0.4, 0.5) is 22.7 Å². The van der Waals surface area contributed by atoms with E-state index in [1.165, 1.54) is 12.1 Å². The van der Waals surface area contributed by atoms with Gasteiger partial charge in [0.1, 0.15) is 5.69 Å². The third-order valence-corrected chi connectivity index (χ3v) is 5.29. The molecule has 0 saturated heterocycles. The summed E-state index contributed by atoms with van der Waals surface area (Å²) >= 11 is 0. The topological polar surface area (TPSA) is 103 Å². The zero-order valence-corrected chi connectivity index (χ0v) is 16.5. The van der Waals surface area contributed by atoms with Crippen molar-refractivity contribution in [2.75, 3.05) is 10.9 Å². The lowest BCUT2D eigenvalue weighted by atomic mass is 10.1. The molecule has 4 aromatic rings. The van der Waals surface area contributed by atoms with Gasteiger partial charge in [-0.25, -0.2) is 0 Å². The first-order chi connectivity index (χ1) is 14.5. The molecule has 0 aliphatic rings. The molecule has 30 heavy (non-hydrogen) atoms. The number of hydrogen-bond acceptors (Lipinski definition) is 6. The molecule has 0 unspecified atom stereocenters. The fourth-order valence-corrected chi connectivity index (χ4v) is 3.41. The predicted octanol–water partition coefficient (Wildman–Crippen LogP) is 5.94. The zero-order valence-electron chi connectivity index (χ0n) is 15.7. The first-order valence-electron chi connectivity index (χ1n) is 9.09. The smallest absolute Gasteiger partial charge is 0.294 e. The summed E-state index contributed by atoms with van der Waals surface area (Å²) in [6.45, 7) is 0. The normalized spacial score (nSPS) is 11.6. The summed E-state index contributed by atoms with van der Waals surface area (Å²) < 4.78 is 31.5. The summed E-state index contributed by atoms with van der Waals surface area (Å²) in [5.74, 6) is 0. The van der Waals surface area contributed by atoms with Gasteiger partial charge < -0.3 is 5.43 Å². The molecule has 3 N–H and O–H groups in total. The fourth-order valence-electron chi connectivity index (χ4n) is 2.93. The highest BCUT2D eigenvalue weighted by Gasteiger charge is 2.10. The minimum atomic E-state index is -4.23. The van der Waals surface area contributed by atoms with Crippen LogP contribution in [0.3, 0.4) is 0 Å².